The molecule has 2 amide bonds. The van der Waals surface area contributed by atoms with E-state index in [1.54, 1.807) is 36.4 Å². The van der Waals surface area contributed by atoms with Crippen LogP contribution >= 0.6 is 27.5 Å². The van der Waals surface area contributed by atoms with Gasteiger partial charge in [-0.15, -0.1) is 0 Å². The number of rotatable bonds is 7. The van der Waals surface area contributed by atoms with E-state index in [1.165, 1.54) is 17.1 Å². The smallest absolute Gasteiger partial charge is 0.276 e. The Hall–Kier alpha value is -3.23. The summed E-state index contributed by atoms with van der Waals surface area (Å²) >= 11 is 9.36. The second-order valence-corrected chi connectivity index (χ2v) is 9.25. The number of phenolic OH excluding ortho intramolecular Hbond substituents is 1. The predicted octanol–water partition coefficient (Wildman–Crippen LogP) is 5.57. The zero-order valence-corrected chi connectivity index (χ0v) is 20.7. The van der Waals surface area contributed by atoms with Gasteiger partial charge in [-0.2, -0.15) is 0 Å². The number of phenols is 1. The lowest BCUT2D eigenvalue weighted by Gasteiger charge is -2.38. The molecule has 0 spiro atoms. The number of nitrogens with zero attached hydrogens (tertiary/aromatic N) is 1. The average molecular weight is 545 g/mol. The van der Waals surface area contributed by atoms with E-state index >= 15 is 0 Å². The molecule has 9 heteroatoms. The highest BCUT2D eigenvalue weighted by Crippen LogP contribution is 2.34. The van der Waals surface area contributed by atoms with Crippen molar-refractivity contribution in [2.45, 2.75) is 25.9 Å². The van der Waals surface area contributed by atoms with Gasteiger partial charge in [0.2, 0.25) is 5.91 Å². The molecule has 0 saturated heterocycles. The molecule has 3 aromatic carbocycles. The normalized spacial score (nSPS) is 14.9. The first-order valence-corrected chi connectivity index (χ1v) is 11.9. The number of hydrogen-bond acceptors (Lipinski definition) is 5. The van der Waals surface area contributed by atoms with Gasteiger partial charge in [-0.05, 0) is 73.0 Å². The zero-order valence-electron chi connectivity index (χ0n) is 18.3. The van der Waals surface area contributed by atoms with Gasteiger partial charge in [0.25, 0.3) is 5.91 Å². The fourth-order valence-electron chi connectivity index (χ4n) is 3.66. The molecule has 176 valence electrons. The molecule has 1 heterocycles. The van der Waals surface area contributed by atoms with Crippen LogP contribution in [0.3, 0.4) is 0 Å². The van der Waals surface area contributed by atoms with E-state index in [0.717, 1.165) is 15.8 Å². The molecule has 3 N–H and O–H groups in total. The zero-order chi connectivity index (χ0) is 24.2. The Balaban J connectivity index is 1.44. The SMILES string of the molecule is Cc1cc(Cl)ccc1OCCCC(=O)NN1C(=O)c2cc(Br)ccc2NC1c1ccc(O)cc1. The van der Waals surface area contributed by atoms with Crippen LogP contribution in [-0.4, -0.2) is 28.5 Å². The Kier molecular flexibility index (Phi) is 7.29. The lowest BCUT2D eigenvalue weighted by atomic mass is 10.0. The van der Waals surface area contributed by atoms with Gasteiger partial charge >= 0.3 is 0 Å². The summed E-state index contributed by atoms with van der Waals surface area (Å²) in [6.07, 6.45) is -0.00178. The van der Waals surface area contributed by atoms with Crippen molar-refractivity contribution in [2.24, 2.45) is 0 Å². The number of carbonyl (C=O) groups excluding carboxylic acids is 2. The summed E-state index contributed by atoms with van der Waals surface area (Å²) in [6, 6.07) is 17.2. The van der Waals surface area contributed by atoms with Gasteiger partial charge in [0.05, 0.1) is 12.2 Å². The highest BCUT2D eigenvalue weighted by Gasteiger charge is 2.34. The Morgan fingerprint density at radius 3 is 2.68 bits per heavy atom. The van der Waals surface area contributed by atoms with Crippen LogP contribution in [0.15, 0.2) is 65.1 Å². The number of nitrogens with one attached hydrogen (secondary N) is 2. The monoisotopic (exact) mass is 543 g/mol. The number of anilines is 1. The number of hydrazine groups is 1. The first kappa shape index (κ1) is 23.9. The molecular weight excluding hydrogens is 522 g/mol. The standard InChI is InChI=1S/C25H23BrClN3O4/c1-15-13-18(27)7-11-22(15)34-12-2-3-23(32)29-30-24(16-4-8-19(31)9-5-16)28-21-10-6-17(26)14-20(21)25(30)33/h4-11,13-14,24,28,31H,2-3,12H2,1H3,(H,29,32). The summed E-state index contributed by atoms with van der Waals surface area (Å²) in [5.74, 6) is 0.180. The third-order valence-corrected chi connectivity index (χ3v) is 6.11. The summed E-state index contributed by atoms with van der Waals surface area (Å²) in [5, 5.41) is 14.9. The van der Waals surface area contributed by atoms with Crippen molar-refractivity contribution in [3.8, 4) is 11.5 Å². The molecule has 0 saturated carbocycles. The third-order valence-electron chi connectivity index (χ3n) is 5.38. The number of halogens is 2. The number of ether oxygens (including phenoxy) is 1. The summed E-state index contributed by atoms with van der Waals surface area (Å²) in [5.41, 5.74) is 5.46. The Morgan fingerprint density at radius 1 is 1.18 bits per heavy atom. The molecule has 0 aromatic heterocycles. The maximum absolute atomic E-state index is 13.3. The summed E-state index contributed by atoms with van der Waals surface area (Å²) in [7, 11) is 0. The number of fused-ring (bicyclic) bond motifs is 1. The van der Waals surface area contributed by atoms with Crippen LogP contribution in [0.4, 0.5) is 5.69 Å². The van der Waals surface area contributed by atoms with Gasteiger partial charge in [-0.25, -0.2) is 5.01 Å². The quantitative estimate of drug-likeness (QED) is 0.338. The Bertz CT molecular complexity index is 1220. The average Bonchev–Trinajstić information content (AvgIpc) is 2.80. The number of hydrogen-bond donors (Lipinski definition) is 3. The Morgan fingerprint density at radius 2 is 1.94 bits per heavy atom. The molecule has 0 aliphatic carbocycles. The number of carbonyl (C=O) groups is 2. The highest BCUT2D eigenvalue weighted by atomic mass is 79.9. The van der Waals surface area contributed by atoms with Gasteiger partial charge in [-0.3, -0.25) is 15.0 Å². The minimum atomic E-state index is -0.640. The molecule has 0 bridgehead atoms. The molecule has 4 rings (SSSR count). The molecule has 1 aliphatic heterocycles. The second-order valence-electron chi connectivity index (χ2n) is 7.90. The lowest BCUT2D eigenvalue weighted by Crippen LogP contribution is -2.52. The van der Waals surface area contributed by atoms with Crippen molar-refractivity contribution in [3.05, 3.63) is 86.8 Å². The van der Waals surface area contributed by atoms with Crippen molar-refractivity contribution in [3.63, 3.8) is 0 Å². The molecule has 1 unspecified atom stereocenters. The van der Waals surface area contributed by atoms with Crippen LogP contribution < -0.4 is 15.5 Å². The minimum absolute atomic E-state index is 0.113. The van der Waals surface area contributed by atoms with Crippen LogP contribution in [0.1, 0.15) is 40.5 Å². The maximum Gasteiger partial charge on any atom is 0.276 e. The van der Waals surface area contributed by atoms with Crippen LogP contribution in [0.25, 0.3) is 0 Å². The minimum Gasteiger partial charge on any atom is -0.508 e. The topological polar surface area (TPSA) is 90.9 Å². The van der Waals surface area contributed by atoms with Crippen molar-refractivity contribution in [2.75, 3.05) is 11.9 Å². The molecule has 34 heavy (non-hydrogen) atoms. The highest BCUT2D eigenvalue weighted by molar-refractivity contribution is 9.10. The van der Waals surface area contributed by atoms with E-state index < -0.39 is 6.17 Å². The Labute approximate surface area is 210 Å². The lowest BCUT2D eigenvalue weighted by molar-refractivity contribution is -0.126. The molecular formula is C25H23BrClN3O4. The fraction of sp³-hybridized carbons (Fsp3) is 0.200. The van der Waals surface area contributed by atoms with Crippen LogP contribution in [0, 0.1) is 6.92 Å². The number of benzene rings is 3. The summed E-state index contributed by atoms with van der Waals surface area (Å²) in [4.78, 5) is 26.0. The van der Waals surface area contributed by atoms with Crippen molar-refractivity contribution in [1.82, 2.24) is 10.4 Å². The summed E-state index contributed by atoms with van der Waals surface area (Å²) in [6.45, 7) is 2.25. The van der Waals surface area contributed by atoms with E-state index in [4.69, 9.17) is 16.3 Å². The van der Waals surface area contributed by atoms with Gasteiger partial charge in [0.15, 0.2) is 0 Å². The van der Waals surface area contributed by atoms with E-state index in [-0.39, 0.29) is 24.0 Å². The van der Waals surface area contributed by atoms with Gasteiger partial charge in [0.1, 0.15) is 17.7 Å². The van der Waals surface area contributed by atoms with Crippen LogP contribution in [0.5, 0.6) is 11.5 Å². The first-order chi connectivity index (χ1) is 16.3. The van der Waals surface area contributed by atoms with Gasteiger partial charge in [-0.1, -0.05) is 39.7 Å². The number of amides is 2. The van der Waals surface area contributed by atoms with E-state index in [0.29, 0.717) is 34.9 Å². The number of aromatic hydroxyl groups is 1. The van der Waals surface area contributed by atoms with Gasteiger partial charge in [0, 0.05) is 21.6 Å². The van der Waals surface area contributed by atoms with E-state index in [2.05, 4.69) is 26.7 Å². The molecule has 1 atom stereocenters. The second kappa shape index (κ2) is 10.4. The van der Waals surface area contributed by atoms with E-state index in [9.17, 15) is 14.7 Å². The molecule has 1 aliphatic rings. The number of aryl methyl sites for hydroxylation is 1. The fourth-order valence-corrected chi connectivity index (χ4v) is 4.25. The van der Waals surface area contributed by atoms with Crippen LogP contribution in [-0.2, 0) is 4.79 Å². The maximum atomic E-state index is 13.3. The molecule has 7 nitrogen and oxygen atoms in total. The summed E-state index contributed by atoms with van der Waals surface area (Å²) < 4.78 is 6.51. The first-order valence-electron chi connectivity index (χ1n) is 10.7. The largest absolute Gasteiger partial charge is 0.508 e. The third kappa shape index (κ3) is 5.46. The van der Waals surface area contributed by atoms with Gasteiger partial charge < -0.3 is 15.2 Å². The molecule has 3 aromatic rings. The van der Waals surface area contributed by atoms with Crippen molar-refractivity contribution < 1.29 is 19.4 Å². The van der Waals surface area contributed by atoms with Crippen molar-refractivity contribution in [1.29, 1.82) is 0 Å². The van der Waals surface area contributed by atoms with Crippen molar-refractivity contribution >= 4 is 45.0 Å². The van der Waals surface area contributed by atoms with Crippen LogP contribution in [0.2, 0.25) is 5.02 Å². The molecule has 0 fully saturated rings. The molecule has 0 radical (unpaired) electrons. The van der Waals surface area contributed by atoms with E-state index in [1.807, 2.05) is 19.1 Å². The predicted molar refractivity (Wildman–Crippen MR) is 134 cm³/mol.